The van der Waals surface area contributed by atoms with Crippen LogP contribution in [0.4, 0.5) is 16.2 Å². The summed E-state index contributed by atoms with van der Waals surface area (Å²) in [6, 6.07) is 1.41. The summed E-state index contributed by atoms with van der Waals surface area (Å²) in [6.07, 6.45) is 2.11. The van der Waals surface area contributed by atoms with Crippen LogP contribution in [0.1, 0.15) is 27.7 Å². The predicted octanol–water partition coefficient (Wildman–Crippen LogP) is 1.37. The topological polar surface area (TPSA) is 101 Å². The molecule has 3 atom stereocenters. The quantitative estimate of drug-likeness (QED) is 0.760. The molecule has 23 heavy (non-hydrogen) atoms. The maximum atomic E-state index is 12.0. The molecule has 1 aliphatic rings. The van der Waals surface area contributed by atoms with E-state index in [1.165, 1.54) is 0 Å². The van der Waals surface area contributed by atoms with Crippen LogP contribution < -0.4 is 16.0 Å². The van der Waals surface area contributed by atoms with E-state index in [4.69, 9.17) is 10.5 Å². The normalized spacial score (nSPS) is 25.1. The Bertz CT molecular complexity index is 559. The number of nitrogens with zero attached hydrogens (tertiary/aromatic N) is 2. The summed E-state index contributed by atoms with van der Waals surface area (Å²) in [5.74, 6) is -0.0174. The summed E-state index contributed by atoms with van der Waals surface area (Å²) in [6.45, 7) is 8.46. The Kier molecular flexibility index (Phi) is 4.99. The molecule has 1 aromatic rings. The van der Waals surface area contributed by atoms with Crippen LogP contribution >= 0.6 is 0 Å². The summed E-state index contributed by atoms with van der Waals surface area (Å²) in [4.78, 5) is 18.0. The largest absolute Gasteiger partial charge is 0.444 e. The molecule has 1 aliphatic heterocycles. The van der Waals surface area contributed by atoms with Crippen LogP contribution in [0.5, 0.6) is 0 Å². The molecule has 2 rings (SSSR count). The lowest BCUT2D eigenvalue weighted by Crippen LogP contribution is -2.59. The molecule has 1 fully saturated rings. The standard InChI is InChI=1S/C16H26N4O3/c1-10-8-20(13-5-6-18-7-11(13)17)9-12(14(10)21)19-15(22)23-16(2,3)4/h5-7,10,12,14,21H,8-9,17H2,1-4H3,(H,19,22). The lowest BCUT2D eigenvalue weighted by atomic mass is 9.92. The van der Waals surface area contributed by atoms with Gasteiger partial charge in [0.25, 0.3) is 0 Å². The number of carbonyl (C=O) groups excluding carboxylic acids is 1. The highest BCUT2D eigenvalue weighted by molar-refractivity contribution is 5.69. The number of carbonyl (C=O) groups is 1. The van der Waals surface area contributed by atoms with E-state index in [1.54, 1.807) is 33.2 Å². The Morgan fingerprint density at radius 3 is 2.78 bits per heavy atom. The van der Waals surface area contributed by atoms with E-state index < -0.39 is 23.8 Å². The Balaban J connectivity index is 2.10. The zero-order valence-electron chi connectivity index (χ0n) is 14.1. The van der Waals surface area contributed by atoms with E-state index in [-0.39, 0.29) is 5.92 Å². The second-order valence-corrected chi connectivity index (χ2v) is 7.06. The third-order valence-electron chi connectivity index (χ3n) is 3.79. The third-order valence-corrected chi connectivity index (χ3v) is 3.79. The maximum absolute atomic E-state index is 12.0. The number of rotatable bonds is 2. The van der Waals surface area contributed by atoms with Gasteiger partial charge in [0.2, 0.25) is 0 Å². The van der Waals surface area contributed by atoms with Gasteiger partial charge in [0.1, 0.15) is 5.60 Å². The molecule has 7 nitrogen and oxygen atoms in total. The number of piperidine rings is 1. The van der Waals surface area contributed by atoms with Gasteiger partial charge in [-0.1, -0.05) is 6.92 Å². The van der Waals surface area contributed by atoms with Gasteiger partial charge in [-0.15, -0.1) is 0 Å². The van der Waals surface area contributed by atoms with Crippen molar-refractivity contribution in [2.24, 2.45) is 5.92 Å². The van der Waals surface area contributed by atoms with Gasteiger partial charge >= 0.3 is 6.09 Å². The molecule has 0 bridgehead atoms. The molecule has 2 heterocycles. The molecule has 1 aromatic heterocycles. The molecule has 0 spiro atoms. The smallest absolute Gasteiger partial charge is 0.408 e. The Hall–Kier alpha value is -2.02. The fraction of sp³-hybridized carbons (Fsp3) is 0.625. The van der Waals surface area contributed by atoms with Crippen LogP contribution in [-0.2, 0) is 4.74 Å². The number of amides is 1. The van der Waals surface area contributed by atoms with Crippen molar-refractivity contribution in [1.82, 2.24) is 10.3 Å². The van der Waals surface area contributed by atoms with Gasteiger partial charge in [-0.2, -0.15) is 0 Å². The van der Waals surface area contributed by atoms with Crippen LogP contribution in [0.3, 0.4) is 0 Å². The minimum Gasteiger partial charge on any atom is -0.444 e. The van der Waals surface area contributed by atoms with Crippen molar-refractivity contribution >= 4 is 17.5 Å². The molecule has 3 unspecified atom stereocenters. The van der Waals surface area contributed by atoms with Crippen molar-refractivity contribution in [3.8, 4) is 0 Å². The Morgan fingerprint density at radius 2 is 2.17 bits per heavy atom. The minimum absolute atomic E-state index is 0.0174. The van der Waals surface area contributed by atoms with Gasteiger partial charge in [-0.05, 0) is 26.8 Å². The molecule has 4 N–H and O–H groups in total. The highest BCUT2D eigenvalue weighted by Gasteiger charge is 2.35. The molecule has 7 heteroatoms. The highest BCUT2D eigenvalue weighted by atomic mass is 16.6. The molecule has 128 valence electrons. The van der Waals surface area contributed by atoms with Crippen LogP contribution in [0.15, 0.2) is 18.5 Å². The first-order chi connectivity index (χ1) is 10.7. The van der Waals surface area contributed by atoms with Crippen molar-refractivity contribution in [1.29, 1.82) is 0 Å². The van der Waals surface area contributed by atoms with Crippen LogP contribution in [-0.4, -0.2) is 47.0 Å². The van der Waals surface area contributed by atoms with Gasteiger partial charge in [0.05, 0.1) is 29.7 Å². The van der Waals surface area contributed by atoms with Gasteiger partial charge in [0.15, 0.2) is 0 Å². The van der Waals surface area contributed by atoms with Gasteiger partial charge in [-0.25, -0.2) is 4.79 Å². The summed E-state index contributed by atoms with van der Waals surface area (Å²) >= 11 is 0. The van der Waals surface area contributed by atoms with E-state index in [0.29, 0.717) is 18.8 Å². The molecular weight excluding hydrogens is 296 g/mol. The SMILES string of the molecule is CC1CN(c2ccncc2N)CC(NC(=O)OC(C)(C)C)C1O. The van der Waals surface area contributed by atoms with E-state index >= 15 is 0 Å². The average molecular weight is 322 g/mol. The number of hydrogen-bond acceptors (Lipinski definition) is 6. The molecule has 0 aliphatic carbocycles. The molecule has 1 saturated heterocycles. The Labute approximate surface area is 136 Å². The lowest BCUT2D eigenvalue weighted by Gasteiger charge is -2.42. The van der Waals surface area contributed by atoms with E-state index in [2.05, 4.69) is 15.2 Å². The van der Waals surface area contributed by atoms with E-state index in [1.807, 2.05) is 13.0 Å². The van der Waals surface area contributed by atoms with Crippen molar-refractivity contribution < 1.29 is 14.6 Å². The number of anilines is 2. The number of aliphatic hydroxyl groups excluding tert-OH is 1. The highest BCUT2D eigenvalue weighted by Crippen LogP contribution is 2.27. The minimum atomic E-state index is -0.637. The Morgan fingerprint density at radius 1 is 1.48 bits per heavy atom. The summed E-state index contributed by atoms with van der Waals surface area (Å²) in [7, 11) is 0. The number of nitrogens with two attached hydrogens (primary N) is 1. The monoisotopic (exact) mass is 322 g/mol. The zero-order chi connectivity index (χ0) is 17.2. The number of pyridine rings is 1. The molecule has 0 radical (unpaired) electrons. The number of hydrogen-bond donors (Lipinski definition) is 3. The number of ether oxygens (including phenoxy) is 1. The first kappa shape index (κ1) is 17.3. The van der Waals surface area contributed by atoms with E-state index in [9.17, 15) is 9.90 Å². The third kappa shape index (κ3) is 4.48. The van der Waals surface area contributed by atoms with Crippen molar-refractivity contribution in [2.45, 2.75) is 45.4 Å². The molecule has 0 aromatic carbocycles. The zero-order valence-corrected chi connectivity index (χ0v) is 14.1. The molecular formula is C16H26N4O3. The summed E-state index contributed by atoms with van der Waals surface area (Å²) in [5, 5.41) is 13.1. The molecule has 0 saturated carbocycles. The first-order valence-corrected chi connectivity index (χ1v) is 7.79. The van der Waals surface area contributed by atoms with E-state index in [0.717, 1.165) is 5.69 Å². The average Bonchev–Trinajstić information content (AvgIpc) is 2.42. The first-order valence-electron chi connectivity index (χ1n) is 7.79. The second-order valence-electron chi connectivity index (χ2n) is 7.06. The second kappa shape index (κ2) is 6.62. The number of alkyl carbamates (subject to hydrolysis) is 1. The molecule has 1 amide bonds. The summed E-state index contributed by atoms with van der Waals surface area (Å²) in [5.41, 5.74) is 6.84. The predicted molar refractivity (Wildman–Crippen MR) is 89.2 cm³/mol. The number of aromatic nitrogens is 1. The van der Waals surface area contributed by atoms with Crippen LogP contribution in [0.25, 0.3) is 0 Å². The van der Waals surface area contributed by atoms with Crippen molar-refractivity contribution in [3.63, 3.8) is 0 Å². The number of nitrogen functional groups attached to an aromatic ring is 1. The maximum Gasteiger partial charge on any atom is 0.408 e. The van der Waals surface area contributed by atoms with Crippen LogP contribution in [0, 0.1) is 5.92 Å². The number of aliphatic hydroxyl groups is 1. The fourth-order valence-electron chi connectivity index (χ4n) is 2.75. The fourth-order valence-corrected chi connectivity index (χ4v) is 2.75. The van der Waals surface area contributed by atoms with Crippen molar-refractivity contribution in [3.05, 3.63) is 18.5 Å². The van der Waals surface area contributed by atoms with Gasteiger partial charge in [0, 0.05) is 25.2 Å². The lowest BCUT2D eigenvalue weighted by molar-refractivity contribution is 0.0303. The van der Waals surface area contributed by atoms with Crippen LogP contribution in [0.2, 0.25) is 0 Å². The van der Waals surface area contributed by atoms with Gasteiger partial charge < -0.3 is 25.8 Å². The summed E-state index contributed by atoms with van der Waals surface area (Å²) < 4.78 is 5.27. The van der Waals surface area contributed by atoms with Crippen molar-refractivity contribution in [2.75, 3.05) is 23.7 Å². The van der Waals surface area contributed by atoms with Gasteiger partial charge in [-0.3, -0.25) is 4.98 Å². The number of nitrogens with one attached hydrogen (secondary N) is 1.